The van der Waals surface area contributed by atoms with Gasteiger partial charge in [0.1, 0.15) is 0 Å². The number of rotatable bonds is 4. The summed E-state index contributed by atoms with van der Waals surface area (Å²) in [7, 11) is -3.61. The minimum atomic E-state index is -3.61. The highest BCUT2D eigenvalue weighted by molar-refractivity contribution is 7.89. The van der Waals surface area contributed by atoms with Gasteiger partial charge in [0.15, 0.2) is 0 Å². The zero-order valence-electron chi connectivity index (χ0n) is 13.8. The summed E-state index contributed by atoms with van der Waals surface area (Å²) < 4.78 is 28.0. The number of hydrogen-bond donors (Lipinski definition) is 1. The van der Waals surface area contributed by atoms with Crippen molar-refractivity contribution in [3.63, 3.8) is 0 Å². The average Bonchev–Trinajstić information content (AvgIpc) is 3.12. The lowest BCUT2D eigenvalue weighted by Crippen LogP contribution is -2.33. The molecule has 1 aromatic heterocycles. The lowest BCUT2D eigenvalue weighted by molar-refractivity contribution is -0.116. The molecule has 1 amide bonds. The van der Waals surface area contributed by atoms with Crippen molar-refractivity contribution in [3.05, 3.63) is 46.2 Å². The predicted octanol–water partition coefficient (Wildman–Crippen LogP) is 3.09. The molecule has 5 nitrogen and oxygen atoms in total. The van der Waals surface area contributed by atoms with Crippen LogP contribution in [0.25, 0.3) is 0 Å². The Morgan fingerprint density at radius 2 is 2.12 bits per heavy atom. The van der Waals surface area contributed by atoms with Gasteiger partial charge in [-0.3, -0.25) is 4.79 Å². The first-order valence-electron chi connectivity index (χ1n) is 7.78. The summed E-state index contributed by atoms with van der Waals surface area (Å²) in [6.45, 7) is 5.32. The molecule has 0 unspecified atom stereocenters. The van der Waals surface area contributed by atoms with Crippen LogP contribution in [0.5, 0.6) is 0 Å². The summed E-state index contributed by atoms with van der Waals surface area (Å²) in [5.41, 5.74) is 1.70. The largest absolute Gasteiger partial charge is 0.309 e. The number of carbonyl (C=O) groups is 1. The van der Waals surface area contributed by atoms with E-state index < -0.39 is 10.0 Å². The minimum absolute atomic E-state index is 0.0266. The summed E-state index contributed by atoms with van der Waals surface area (Å²) in [5, 5.41) is 1.92. The van der Waals surface area contributed by atoms with E-state index in [1.807, 2.05) is 31.4 Å². The molecule has 0 radical (unpaired) electrons. The van der Waals surface area contributed by atoms with Gasteiger partial charge in [-0.05, 0) is 55.5 Å². The summed E-state index contributed by atoms with van der Waals surface area (Å²) in [6, 6.07) is 8.55. The van der Waals surface area contributed by atoms with Gasteiger partial charge in [0.2, 0.25) is 15.9 Å². The molecule has 1 aliphatic heterocycles. The quantitative estimate of drug-likeness (QED) is 0.907. The number of thiophene rings is 1. The van der Waals surface area contributed by atoms with Gasteiger partial charge in [-0.25, -0.2) is 13.1 Å². The summed E-state index contributed by atoms with van der Waals surface area (Å²) >= 11 is 1.52. The van der Waals surface area contributed by atoms with Gasteiger partial charge in [-0.2, -0.15) is 0 Å². The molecule has 0 fully saturated rings. The molecule has 128 valence electrons. The lowest BCUT2D eigenvalue weighted by Gasteiger charge is -2.20. The van der Waals surface area contributed by atoms with Gasteiger partial charge in [-0.15, -0.1) is 11.3 Å². The molecule has 0 aliphatic carbocycles. The molecule has 1 N–H and O–H groups in total. The lowest BCUT2D eigenvalue weighted by atomic mass is 10.1. The zero-order chi connectivity index (χ0) is 17.5. The van der Waals surface area contributed by atoms with Crippen LogP contribution in [0.3, 0.4) is 0 Å². The fourth-order valence-electron chi connectivity index (χ4n) is 3.15. The molecule has 0 bridgehead atoms. The first-order valence-corrected chi connectivity index (χ1v) is 10.1. The Hall–Kier alpha value is -1.70. The van der Waals surface area contributed by atoms with Crippen LogP contribution in [0.15, 0.2) is 40.6 Å². The van der Waals surface area contributed by atoms with E-state index in [0.717, 1.165) is 16.1 Å². The van der Waals surface area contributed by atoms with Crippen molar-refractivity contribution in [1.29, 1.82) is 0 Å². The first-order chi connectivity index (χ1) is 11.3. The van der Waals surface area contributed by atoms with Crippen molar-refractivity contribution < 1.29 is 13.2 Å². The third kappa shape index (κ3) is 3.11. The van der Waals surface area contributed by atoms with E-state index >= 15 is 0 Å². The Morgan fingerprint density at radius 1 is 1.38 bits per heavy atom. The summed E-state index contributed by atoms with van der Waals surface area (Å²) in [4.78, 5) is 14.7. The number of nitrogens with one attached hydrogen (secondary N) is 1. The van der Waals surface area contributed by atoms with Crippen LogP contribution in [0, 0.1) is 0 Å². The Bertz CT molecular complexity index is 860. The van der Waals surface area contributed by atoms with E-state index in [0.29, 0.717) is 6.42 Å². The highest BCUT2D eigenvalue weighted by Gasteiger charge is 2.30. The number of benzene rings is 1. The Balaban J connectivity index is 1.88. The van der Waals surface area contributed by atoms with Gasteiger partial charge >= 0.3 is 0 Å². The monoisotopic (exact) mass is 364 g/mol. The van der Waals surface area contributed by atoms with E-state index in [1.54, 1.807) is 23.1 Å². The maximum atomic E-state index is 12.6. The number of amides is 1. The first kappa shape index (κ1) is 17.1. The van der Waals surface area contributed by atoms with Crippen LogP contribution in [-0.2, 0) is 21.2 Å². The molecular weight excluding hydrogens is 344 g/mol. The molecule has 0 saturated heterocycles. The molecular formula is C17H20N2O3S2. The van der Waals surface area contributed by atoms with E-state index in [1.165, 1.54) is 18.3 Å². The average molecular weight is 364 g/mol. The molecule has 1 aromatic carbocycles. The van der Waals surface area contributed by atoms with E-state index in [2.05, 4.69) is 4.72 Å². The maximum Gasteiger partial charge on any atom is 0.241 e. The molecule has 0 spiro atoms. The van der Waals surface area contributed by atoms with Crippen molar-refractivity contribution in [2.24, 2.45) is 0 Å². The van der Waals surface area contributed by atoms with Crippen LogP contribution in [0.4, 0.5) is 5.69 Å². The molecule has 7 heteroatoms. The van der Waals surface area contributed by atoms with E-state index in [4.69, 9.17) is 0 Å². The predicted molar refractivity (Wildman–Crippen MR) is 95.8 cm³/mol. The summed E-state index contributed by atoms with van der Waals surface area (Å²) in [5.74, 6) is -0.0266. The van der Waals surface area contributed by atoms with Crippen molar-refractivity contribution in [2.45, 2.75) is 44.2 Å². The molecule has 1 aliphatic rings. The number of hydrogen-bond acceptors (Lipinski definition) is 4. The van der Waals surface area contributed by atoms with Crippen molar-refractivity contribution in [1.82, 2.24) is 4.72 Å². The maximum absolute atomic E-state index is 12.6. The number of fused-ring (bicyclic) bond motifs is 1. The molecule has 24 heavy (non-hydrogen) atoms. The van der Waals surface area contributed by atoms with Gasteiger partial charge in [-0.1, -0.05) is 6.07 Å². The SMILES string of the molecule is CC(=O)N1c2ccc(S(=O)(=O)N[C@@H](C)c3cccs3)cc2C[C@@H]1C. The third-order valence-electron chi connectivity index (χ3n) is 4.22. The number of nitrogens with zero attached hydrogens (tertiary/aromatic N) is 1. The van der Waals surface area contributed by atoms with E-state index in [-0.39, 0.29) is 22.9 Å². The second kappa shape index (κ2) is 6.31. The minimum Gasteiger partial charge on any atom is -0.309 e. The summed E-state index contributed by atoms with van der Waals surface area (Å²) in [6.07, 6.45) is 0.665. The number of anilines is 1. The van der Waals surface area contributed by atoms with Crippen molar-refractivity contribution in [2.75, 3.05) is 4.90 Å². The highest BCUT2D eigenvalue weighted by atomic mass is 32.2. The molecule has 2 atom stereocenters. The fourth-order valence-corrected chi connectivity index (χ4v) is 5.23. The van der Waals surface area contributed by atoms with Crippen LogP contribution in [-0.4, -0.2) is 20.4 Å². The van der Waals surface area contributed by atoms with Gasteiger partial charge in [0, 0.05) is 23.5 Å². The Kier molecular flexibility index (Phi) is 4.50. The standard InChI is InChI=1S/C17H20N2O3S2/c1-11-9-14-10-15(6-7-16(14)19(11)13(3)20)24(21,22)18-12(2)17-5-4-8-23-17/h4-8,10-12,18H,9H2,1-3H3/t11-,12-/m0/s1. The molecule has 0 saturated carbocycles. The van der Waals surface area contributed by atoms with Crippen molar-refractivity contribution >= 4 is 33.0 Å². The fraction of sp³-hybridized carbons (Fsp3) is 0.353. The number of sulfonamides is 1. The zero-order valence-corrected chi connectivity index (χ0v) is 15.4. The Labute approximate surface area is 146 Å². The van der Waals surface area contributed by atoms with Crippen LogP contribution in [0.2, 0.25) is 0 Å². The van der Waals surface area contributed by atoms with Crippen LogP contribution < -0.4 is 9.62 Å². The molecule has 3 rings (SSSR count). The normalized spacial score (nSPS) is 18.5. The van der Waals surface area contributed by atoms with E-state index in [9.17, 15) is 13.2 Å². The van der Waals surface area contributed by atoms with Crippen molar-refractivity contribution in [3.8, 4) is 0 Å². The topological polar surface area (TPSA) is 66.5 Å². The molecule has 2 heterocycles. The highest BCUT2D eigenvalue weighted by Crippen LogP contribution is 2.34. The second-order valence-corrected chi connectivity index (χ2v) is 8.78. The Morgan fingerprint density at radius 3 is 2.75 bits per heavy atom. The van der Waals surface area contributed by atoms with Crippen LogP contribution in [0.1, 0.15) is 37.3 Å². The van der Waals surface area contributed by atoms with Crippen LogP contribution >= 0.6 is 11.3 Å². The number of carbonyl (C=O) groups excluding carboxylic acids is 1. The second-order valence-electron chi connectivity index (χ2n) is 6.09. The molecule has 2 aromatic rings. The smallest absolute Gasteiger partial charge is 0.241 e. The van der Waals surface area contributed by atoms with Gasteiger partial charge in [0.05, 0.1) is 10.9 Å². The third-order valence-corrected chi connectivity index (χ3v) is 6.81. The van der Waals surface area contributed by atoms with Gasteiger partial charge in [0.25, 0.3) is 0 Å². The van der Waals surface area contributed by atoms with Gasteiger partial charge < -0.3 is 4.90 Å².